The Morgan fingerprint density at radius 2 is 1.56 bits per heavy atom. The summed E-state index contributed by atoms with van der Waals surface area (Å²) < 4.78 is 1.71. The van der Waals surface area contributed by atoms with E-state index in [1.54, 1.807) is 10.9 Å². The van der Waals surface area contributed by atoms with E-state index in [-0.39, 0.29) is 11.9 Å². The quantitative estimate of drug-likeness (QED) is 0.815. The van der Waals surface area contributed by atoms with Crippen LogP contribution in [0.15, 0.2) is 30.6 Å². The summed E-state index contributed by atoms with van der Waals surface area (Å²) in [6, 6.07) is 5.70. The average molecular weight is 369 g/mol. The van der Waals surface area contributed by atoms with Crippen molar-refractivity contribution >= 4 is 17.5 Å². The lowest BCUT2D eigenvalue weighted by Crippen LogP contribution is -2.50. The van der Waals surface area contributed by atoms with Crippen molar-refractivity contribution in [3.63, 3.8) is 0 Å². The minimum absolute atomic E-state index is 0.116. The normalized spacial score (nSPS) is 19.2. The van der Waals surface area contributed by atoms with Gasteiger partial charge < -0.3 is 14.7 Å². The van der Waals surface area contributed by atoms with Crippen LogP contribution in [-0.4, -0.2) is 70.1 Å². The monoisotopic (exact) mass is 369 g/mol. The molecule has 1 amide bonds. The highest BCUT2D eigenvalue weighted by atomic mass is 16.2. The number of carbonyl (C=O) groups excluding carboxylic acids is 1. The molecule has 0 N–H and O–H groups in total. The molecule has 8 heteroatoms. The van der Waals surface area contributed by atoms with Gasteiger partial charge in [-0.05, 0) is 44.4 Å². The number of carbonyl (C=O) groups is 1. The second kappa shape index (κ2) is 7.94. The summed E-state index contributed by atoms with van der Waals surface area (Å²) in [5.41, 5.74) is 0. The molecule has 1 atom stereocenters. The van der Waals surface area contributed by atoms with Crippen LogP contribution in [0.2, 0.25) is 0 Å². The van der Waals surface area contributed by atoms with Gasteiger partial charge >= 0.3 is 0 Å². The maximum atomic E-state index is 12.7. The highest BCUT2D eigenvalue weighted by Crippen LogP contribution is 2.20. The molecule has 8 nitrogen and oxygen atoms in total. The molecule has 4 heterocycles. The third-order valence-electron chi connectivity index (χ3n) is 5.51. The van der Waals surface area contributed by atoms with Gasteiger partial charge in [0.15, 0.2) is 11.6 Å². The maximum Gasteiger partial charge on any atom is 0.247 e. The van der Waals surface area contributed by atoms with Gasteiger partial charge in [-0.3, -0.25) is 9.48 Å². The van der Waals surface area contributed by atoms with Crippen molar-refractivity contribution in [2.75, 3.05) is 49.1 Å². The van der Waals surface area contributed by atoms with Gasteiger partial charge in [-0.25, -0.2) is 0 Å². The molecule has 2 aliphatic rings. The molecule has 2 aromatic rings. The molecule has 27 heavy (non-hydrogen) atoms. The van der Waals surface area contributed by atoms with Crippen LogP contribution in [0.25, 0.3) is 0 Å². The summed E-state index contributed by atoms with van der Waals surface area (Å²) in [4.78, 5) is 19.1. The second-order valence-electron chi connectivity index (χ2n) is 7.27. The summed E-state index contributed by atoms with van der Waals surface area (Å²) in [7, 11) is 0. The van der Waals surface area contributed by atoms with Crippen molar-refractivity contribution in [1.29, 1.82) is 0 Å². The standard InChI is InChI=1S/C19H27N7O/c1-16(26-11-5-8-20-26)19(27)25-14-12-24(13-15-25)18-7-6-17(21-22-18)23-9-3-2-4-10-23/h5-8,11,16H,2-4,9-10,12-15H2,1H3. The summed E-state index contributed by atoms with van der Waals surface area (Å²) >= 11 is 0. The Kier molecular flexibility index (Phi) is 5.22. The van der Waals surface area contributed by atoms with Crippen LogP contribution in [0.4, 0.5) is 11.6 Å². The number of piperidine rings is 1. The Hall–Kier alpha value is -2.64. The molecule has 2 aliphatic heterocycles. The first-order valence-electron chi connectivity index (χ1n) is 9.84. The van der Waals surface area contributed by atoms with Gasteiger partial charge in [0.05, 0.1) is 0 Å². The maximum absolute atomic E-state index is 12.7. The minimum atomic E-state index is -0.268. The largest absolute Gasteiger partial charge is 0.355 e. The number of piperazine rings is 1. The van der Waals surface area contributed by atoms with Crippen molar-refractivity contribution < 1.29 is 4.79 Å². The topological polar surface area (TPSA) is 70.4 Å². The van der Waals surface area contributed by atoms with Crippen LogP contribution in [-0.2, 0) is 4.79 Å². The molecule has 0 saturated carbocycles. The van der Waals surface area contributed by atoms with Gasteiger partial charge in [0.1, 0.15) is 6.04 Å². The van der Waals surface area contributed by atoms with E-state index in [9.17, 15) is 4.79 Å². The summed E-state index contributed by atoms with van der Waals surface area (Å²) in [5, 5.41) is 13.1. The zero-order valence-corrected chi connectivity index (χ0v) is 15.9. The van der Waals surface area contributed by atoms with Crippen molar-refractivity contribution in [1.82, 2.24) is 24.9 Å². The fourth-order valence-electron chi connectivity index (χ4n) is 3.82. The lowest BCUT2D eigenvalue weighted by molar-refractivity contribution is -0.134. The van der Waals surface area contributed by atoms with E-state index in [2.05, 4.69) is 37.2 Å². The minimum Gasteiger partial charge on any atom is -0.355 e. The molecular weight excluding hydrogens is 342 g/mol. The van der Waals surface area contributed by atoms with E-state index >= 15 is 0 Å². The fourth-order valence-corrected chi connectivity index (χ4v) is 3.82. The van der Waals surface area contributed by atoms with Gasteiger partial charge in [0.25, 0.3) is 0 Å². The SMILES string of the molecule is CC(C(=O)N1CCN(c2ccc(N3CCCCC3)nn2)CC1)n1cccn1. The second-order valence-corrected chi connectivity index (χ2v) is 7.27. The Balaban J connectivity index is 1.33. The number of hydrogen-bond donors (Lipinski definition) is 0. The number of nitrogens with zero attached hydrogens (tertiary/aromatic N) is 7. The first kappa shape index (κ1) is 17.8. The zero-order chi connectivity index (χ0) is 18.6. The van der Waals surface area contributed by atoms with E-state index in [1.807, 2.05) is 24.1 Å². The van der Waals surface area contributed by atoms with E-state index in [1.165, 1.54) is 19.3 Å². The summed E-state index contributed by atoms with van der Waals surface area (Å²) in [6.07, 6.45) is 7.31. The zero-order valence-electron chi connectivity index (χ0n) is 15.9. The molecule has 0 radical (unpaired) electrons. The molecule has 0 spiro atoms. The van der Waals surface area contributed by atoms with Gasteiger partial charge in [-0.2, -0.15) is 5.10 Å². The predicted molar refractivity (Wildman–Crippen MR) is 104 cm³/mol. The van der Waals surface area contributed by atoms with Crippen LogP contribution >= 0.6 is 0 Å². The number of aromatic nitrogens is 4. The third kappa shape index (κ3) is 3.89. The molecule has 2 fully saturated rings. The highest BCUT2D eigenvalue weighted by molar-refractivity contribution is 5.80. The van der Waals surface area contributed by atoms with Crippen LogP contribution in [0.3, 0.4) is 0 Å². The smallest absolute Gasteiger partial charge is 0.247 e. The van der Waals surface area contributed by atoms with Crippen LogP contribution in [0.5, 0.6) is 0 Å². The van der Waals surface area contributed by atoms with Crippen molar-refractivity contribution in [3.8, 4) is 0 Å². The molecule has 144 valence electrons. The molecular formula is C19H27N7O. The lowest BCUT2D eigenvalue weighted by atomic mass is 10.1. The molecule has 4 rings (SSSR count). The van der Waals surface area contributed by atoms with Gasteiger partial charge in [0.2, 0.25) is 5.91 Å². The molecule has 0 bridgehead atoms. The van der Waals surface area contributed by atoms with Crippen LogP contribution < -0.4 is 9.80 Å². The number of rotatable bonds is 4. The van der Waals surface area contributed by atoms with Crippen molar-refractivity contribution in [2.24, 2.45) is 0 Å². The summed E-state index contributed by atoms with van der Waals surface area (Å²) in [5.74, 6) is 1.98. The number of anilines is 2. The lowest BCUT2D eigenvalue weighted by Gasteiger charge is -2.36. The Morgan fingerprint density at radius 1 is 0.926 bits per heavy atom. The predicted octanol–water partition coefficient (Wildman–Crippen LogP) is 1.57. The van der Waals surface area contributed by atoms with Crippen LogP contribution in [0.1, 0.15) is 32.2 Å². The highest BCUT2D eigenvalue weighted by Gasteiger charge is 2.26. The van der Waals surface area contributed by atoms with Crippen molar-refractivity contribution in [2.45, 2.75) is 32.2 Å². The Labute approximate surface area is 159 Å². The fraction of sp³-hybridized carbons (Fsp3) is 0.579. The number of amides is 1. The van der Waals surface area contributed by atoms with Gasteiger partial charge in [-0.15, -0.1) is 10.2 Å². The van der Waals surface area contributed by atoms with Crippen LogP contribution in [0, 0.1) is 0 Å². The molecule has 2 saturated heterocycles. The van der Waals surface area contributed by atoms with Crippen molar-refractivity contribution in [3.05, 3.63) is 30.6 Å². The summed E-state index contributed by atoms with van der Waals surface area (Å²) in [6.45, 7) is 6.98. The molecule has 0 aromatic carbocycles. The molecule has 2 aromatic heterocycles. The average Bonchev–Trinajstić information content (AvgIpc) is 3.28. The first-order chi connectivity index (χ1) is 13.2. The van der Waals surface area contributed by atoms with E-state index in [4.69, 9.17) is 0 Å². The number of hydrogen-bond acceptors (Lipinski definition) is 6. The molecule has 1 unspecified atom stereocenters. The van der Waals surface area contributed by atoms with Gasteiger partial charge in [0, 0.05) is 51.7 Å². The first-order valence-corrected chi connectivity index (χ1v) is 9.84. The molecule has 0 aliphatic carbocycles. The Bertz CT molecular complexity index is 732. The third-order valence-corrected chi connectivity index (χ3v) is 5.51. The Morgan fingerprint density at radius 3 is 2.11 bits per heavy atom. The van der Waals surface area contributed by atoms with E-state index in [0.29, 0.717) is 13.1 Å². The van der Waals surface area contributed by atoms with E-state index in [0.717, 1.165) is 37.8 Å². The van der Waals surface area contributed by atoms with E-state index < -0.39 is 0 Å². The van der Waals surface area contributed by atoms with Gasteiger partial charge in [-0.1, -0.05) is 0 Å².